The molecule has 0 radical (unpaired) electrons. The Hall–Kier alpha value is -1.36. The van der Waals surface area contributed by atoms with Crippen molar-refractivity contribution in [3.05, 3.63) is 51.4 Å². The van der Waals surface area contributed by atoms with Crippen LogP contribution in [-0.2, 0) is 0 Å². The number of pyridine rings is 2. The number of hydrogen-bond donors (Lipinski definition) is 2. The van der Waals surface area contributed by atoms with Gasteiger partial charge in [0.15, 0.2) is 0 Å². The molecule has 0 saturated heterocycles. The van der Waals surface area contributed by atoms with Crippen molar-refractivity contribution in [2.75, 3.05) is 12.3 Å². The van der Waals surface area contributed by atoms with Gasteiger partial charge in [-0.05, 0) is 31.2 Å². The van der Waals surface area contributed by atoms with Crippen LogP contribution in [0.25, 0.3) is 0 Å². The first-order chi connectivity index (χ1) is 9.54. The number of aromatic nitrogens is 2. The van der Waals surface area contributed by atoms with Crippen molar-refractivity contribution >= 4 is 29.0 Å². The number of nitrogens with two attached hydrogens (primary N) is 1. The van der Waals surface area contributed by atoms with Crippen molar-refractivity contribution in [2.24, 2.45) is 0 Å². The minimum absolute atomic E-state index is 0.210. The SMILES string of the molecule is CCNC(c1ncc(Cl)cc1Cl)c1c(C)ccnc1N. The van der Waals surface area contributed by atoms with Crippen molar-refractivity contribution < 1.29 is 0 Å². The zero-order valence-corrected chi connectivity index (χ0v) is 12.8. The maximum Gasteiger partial charge on any atom is 0.128 e. The fraction of sp³-hybridized carbons (Fsp3) is 0.286. The molecule has 2 aromatic heterocycles. The monoisotopic (exact) mass is 310 g/mol. The Morgan fingerprint density at radius 3 is 2.70 bits per heavy atom. The van der Waals surface area contributed by atoms with Crippen LogP contribution >= 0.6 is 23.2 Å². The van der Waals surface area contributed by atoms with Crippen LogP contribution in [0.15, 0.2) is 24.5 Å². The van der Waals surface area contributed by atoms with Crippen molar-refractivity contribution in [3.8, 4) is 0 Å². The van der Waals surface area contributed by atoms with Gasteiger partial charge in [0.05, 0.1) is 21.8 Å². The largest absolute Gasteiger partial charge is 0.383 e. The molecule has 1 unspecified atom stereocenters. The minimum atomic E-state index is -0.210. The van der Waals surface area contributed by atoms with Gasteiger partial charge in [0, 0.05) is 18.0 Å². The Kier molecular flexibility index (Phi) is 4.81. The van der Waals surface area contributed by atoms with Crippen LogP contribution in [0, 0.1) is 6.92 Å². The molecule has 0 bridgehead atoms. The van der Waals surface area contributed by atoms with E-state index in [0.717, 1.165) is 17.7 Å². The second-order valence-corrected chi connectivity index (χ2v) is 5.28. The van der Waals surface area contributed by atoms with Gasteiger partial charge >= 0.3 is 0 Å². The third-order valence-electron chi connectivity index (χ3n) is 3.05. The maximum absolute atomic E-state index is 6.27. The van der Waals surface area contributed by atoms with Crippen LogP contribution < -0.4 is 11.1 Å². The lowest BCUT2D eigenvalue weighted by Gasteiger charge is -2.22. The topological polar surface area (TPSA) is 63.8 Å². The quantitative estimate of drug-likeness (QED) is 0.908. The first kappa shape index (κ1) is 15.0. The van der Waals surface area contributed by atoms with E-state index in [9.17, 15) is 0 Å². The van der Waals surface area contributed by atoms with Crippen LogP contribution in [0.3, 0.4) is 0 Å². The molecule has 6 heteroatoms. The Morgan fingerprint density at radius 2 is 2.10 bits per heavy atom. The number of halogens is 2. The summed E-state index contributed by atoms with van der Waals surface area (Å²) in [5, 5.41) is 4.36. The summed E-state index contributed by atoms with van der Waals surface area (Å²) in [4.78, 5) is 8.50. The average Bonchev–Trinajstić information content (AvgIpc) is 2.38. The molecule has 106 valence electrons. The molecule has 3 N–H and O–H groups in total. The van der Waals surface area contributed by atoms with Crippen LogP contribution in [-0.4, -0.2) is 16.5 Å². The maximum atomic E-state index is 6.27. The standard InChI is InChI=1S/C14H16Cl2N4/c1-3-18-13(11-8(2)4-5-19-14(11)17)12-10(16)6-9(15)7-20-12/h4-7,13,18H,3H2,1-2H3,(H2,17,19). The van der Waals surface area contributed by atoms with Gasteiger partial charge in [-0.1, -0.05) is 30.1 Å². The highest BCUT2D eigenvalue weighted by molar-refractivity contribution is 6.34. The summed E-state index contributed by atoms with van der Waals surface area (Å²) in [6.45, 7) is 4.75. The first-order valence-electron chi connectivity index (χ1n) is 6.29. The molecule has 0 spiro atoms. The van der Waals surface area contributed by atoms with Crippen molar-refractivity contribution in [2.45, 2.75) is 19.9 Å². The van der Waals surface area contributed by atoms with E-state index in [2.05, 4.69) is 15.3 Å². The molecule has 0 aromatic carbocycles. The zero-order valence-electron chi connectivity index (χ0n) is 11.3. The van der Waals surface area contributed by atoms with Crippen LogP contribution in [0.1, 0.15) is 29.8 Å². The Balaban J connectivity index is 2.56. The molecule has 2 rings (SSSR count). The molecule has 1 atom stereocenters. The Bertz CT molecular complexity index is 596. The number of nitrogens with zero attached hydrogens (tertiary/aromatic N) is 2. The van der Waals surface area contributed by atoms with Crippen molar-refractivity contribution in [1.29, 1.82) is 0 Å². The lowest BCUT2D eigenvalue weighted by molar-refractivity contribution is 0.613. The molecule has 0 aliphatic rings. The molecule has 0 amide bonds. The number of hydrogen-bond acceptors (Lipinski definition) is 4. The molecular formula is C14H16Cl2N4. The predicted molar refractivity (Wildman–Crippen MR) is 83.2 cm³/mol. The van der Waals surface area contributed by atoms with Gasteiger partial charge in [-0.3, -0.25) is 4.98 Å². The highest BCUT2D eigenvalue weighted by Gasteiger charge is 2.22. The van der Waals surface area contributed by atoms with E-state index in [4.69, 9.17) is 28.9 Å². The molecule has 0 aliphatic carbocycles. The number of aryl methyl sites for hydroxylation is 1. The van der Waals surface area contributed by atoms with Gasteiger partial charge < -0.3 is 11.1 Å². The summed E-state index contributed by atoms with van der Waals surface area (Å²) >= 11 is 12.2. The molecule has 2 aromatic rings. The van der Waals surface area contributed by atoms with E-state index >= 15 is 0 Å². The highest BCUT2D eigenvalue weighted by atomic mass is 35.5. The fourth-order valence-electron chi connectivity index (χ4n) is 2.14. The molecule has 4 nitrogen and oxygen atoms in total. The number of nitrogens with one attached hydrogen (secondary N) is 1. The van der Waals surface area contributed by atoms with E-state index in [1.165, 1.54) is 0 Å². The molecule has 2 heterocycles. The van der Waals surface area contributed by atoms with Crippen molar-refractivity contribution in [1.82, 2.24) is 15.3 Å². The van der Waals surface area contributed by atoms with E-state index in [1.54, 1.807) is 18.5 Å². The van der Waals surface area contributed by atoms with Gasteiger partial charge in [0.25, 0.3) is 0 Å². The second-order valence-electron chi connectivity index (χ2n) is 4.44. The smallest absolute Gasteiger partial charge is 0.128 e. The molecule has 0 saturated carbocycles. The zero-order chi connectivity index (χ0) is 14.7. The summed E-state index contributed by atoms with van der Waals surface area (Å²) in [5.74, 6) is 0.476. The summed E-state index contributed by atoms with van der Waals surface area (Å²) in [5.41, 5.74) is 8.65. The third kappa shape index (κ3) is 3.03. The van der Waals surface area contributed by atoms with Crippen LogP contribution in [0.2, 0.25) is 10.0 Å². The number of nitrogen functional groups attached to an aromatic ring is 1. The molecule has 0 aliphatic heterocycles. The van der Waals surface area contributed by atoms with Gasteiger partial charge in [0.1, 0.15) is 5.82 Å². The average molecular weight is 311 g/mol. The number of rotatable bonds is 4. The van der Waals surface area contributed by atoms with E-state index < -0.39 is 0 Å². The second kappa shape index (κ2) is 6.39. The fourth-order valence-corrected chi connectivity index (χ4v) is 2.63. The van der Waals surface area contributed by atoms with E-state index in [0.29, 0.717) is 21.6 Å². The van der Waals surface area contributed by atoms with Gasteiger partial charge in [-0.25, -0.2) is 4.98 Å². The minimum Gasteiger partial charge on any atom is -0.383 e. The Morgan fingerprint density at radius 1 is 1.35 bits per heavy atom. The van der Waals surface area contributed by atoms with E-state index in [-0.39, 0.29) is 6.04 Å². The predicted octanol–water partition coefficient (Wildman–Crippen LogP) is 3.37. The normalized spacial score (nSPS) is 12.4. The molecule has 0 fully saturated rings. The van der Waals surface area contributed by atoms with Crippen molar-refractivity contribution in [3.63, 3.8) is 0 Å². The summed E-state index contributed by atoms with van der Waals surface area (Å²) in [7, 11) is 0. The van der Waals surface area contributed by atoms with Crippen LogP contribution in [0.5, 0.6) is 0 Å². The lowest BCUT2D eigenvalue weighted by atomic mass is 9.99. The summed E-state index contributed by atoms with van der Waals surface area (Å²) < 4.78 is 0. The third-order valence-corrected chi connectivity index (χ3v) is 3.56. The summed E-state index contributed by atoms with van der Waals surface area (Å²) in [6, 6.07) is 3.39. The molecular weight excluding hydrogens is 295 g/mol. The van der Waals surface area contributed by atoms with E-state index in [1.807, 2.05) is 19.9 Å². The lowest BCUT2D eigenvalue weighted by Crippen LogP contribution is -2.25. The van der Waals surface area contributed by atoms with Crippen LogP contribution in [0.4, 0.5) is 5.82 Å². The van der Waals surface area contributed by atoms with Gasteiger partial charge in [0.2, 0.25) is 0 Å². The van der Waals surface area contributed by atoms with Gasteiger partial charge in [-0.15, -0.1) is 0 Å². The first-order valence-corrected chi connectivity index (χ1v) is 7.05. The molecule has 20 heavy (non-hydrogen) atoms. The summed E-state index contributed by atoms with van der Waals surface area (Å²) in [6.07, 6.45) is 3.27. The number of anilines is 1. The van der Waals surface area contributed by atoms with Gasteiger partial charge in [-0.2, -0.15) is 0 Å². The Labute approximate surface area is 128 Å². The highest BCUT2D eigenvalue weighted by Crippen LogP contribution is 2.32.